The Morgan fingerprint density at radius 1 is 1.29 bits per heavy atom. The molecule has 2 atom stereocenters. The van der Waals surface area contributed by atoms with Crippen LogP contribution in [0, 0.1) is 22.0 Å². The van der Waals surface area contributed by atoms with E-state index in [1.165, 1.54) is 10.4 Å². The Kier molecular flexibility index (Phi) is 4.20. The van der Waals surface area contributed by atoms with Gasteiger partial charge < -0.3 is 5.73 Å². The number of nitro benzene ring substituents is 1. The van der Waals surface area contributed by atoms with Crippen molar-refractivity contribution in [3.05, 3.63) is 28.3 Å². The van der Waals surface area contributed by atoms with Crippen LogP contribution in [0.5, 0.6) is 0 Å². The first kappa shape index (κ1) is 15.7. The molecule has 0 bridgehead atoms. The second-order valence-corrected chi connectivity index (χ2v) is 7.66. The number of sulfonamides is 1. The first-order chi connectivity index (χ1) is 9.71. The lowest BCUT2D eigenvalue weighted by Crippen LogP contribution is -2.42. The molecule has 8 heteroatoms. The summed E-state index contributed by atoms with van der Waals surface area (Å²) in [5, 5.41) is 11.1. The van der Waals surface area contributed by atoms with Gasteiger partial charge in [0, 0.05) is 24.8 Å². The Hall–Kier alpha value is -1.67. The largest absolute Gasteiger partial charge is 0.399 e. The Balaban J connectivity index is 2.49. The molecule has 1 aliphatic rings. The van der Waals surface area contributed by atoms with Crippen molar-refractivity contribution in [1.29, 1.82) is 0 Å². The summed E-state index contributed by atoms with van der Waals surface area (Å²) >= 11 is 0. The summed E-state index contributed by atoms with van der Waals surface area (Å²) in [6, 6.07) is 3.63. The second-order valence-electron chi connectivity index (χ2n) is 5.75. The molecule has 2 rings (SSSR count). The van der Waals surface area contributed by atoms with Gasteiger partial charge in [0.25, 0.3) is 5.69 Å². The number of piperidine rings is 1. The van der Waals surface area contributed by atoms with E-state index in [4.69, 9.17) is 5.73 Å². The van der Waals surface area contributed by atoms with Crippen LogP contribution < -0.4 is 5.73 Å². The average Bonchev–Trinajstić information content (AvgIpc) is 2.37. The molecule has 0 radical (unpaired) electrons. The molecule has 0 amide bonds. The molecule has 1 aliphatic heterocycles. The molecule has 21 heavy (non-hydrogen) atoms. The lowest BCUT2D eigenvalue weighted by Gasteiger charge is -2.33. The van der Waals surface area contributed by atoms with E-state index in [0.29, 0.717) is 13.1 Å². The molecule has 7 nitrogen and oxygen atoms in total. The fourth-order valence-corrected chi connectivity index (χ4v) is 4.70. The number of anilines is 1. The van der Waals surface area contributed by atoms with Gasteiger partial charge in [-0.15, -0.1) is 0 Å². The van der Waals surface area contributed by atoms with Crippen molar-refractivity contribution < 1.29 is 13.3 Å². The summed E-state index contributed by atoms with van der Waals surface area (Å²) < 4.78 is 26.8. The number of rotatable bonds is 3. The monoisotopic (exact) mass is 313 g/mol. The summed E-state index contributed by atoms with van der Waals surface area (Å²) in [5.41, 5.74) is 5.36. The van der Waals surface area contributed by atoms with Crippen LogP contribution in [0.4, 0.5) is 11.4 Å². The summed E-state index contributed by atoms with van der Waals surface area (Å²) in [4.78, 5) is 10.1. The van der Waals surface area contributed by atoms with Crippen molar-refractivity contribution in [2.75, 3.05) is 18.8 Å². The Bertz CT molecular complexity index is 649. The lowest BCUT2D eigenvalue weighted by atomic mass is 9.94. The first-order valence-electron chi connectivity index (χ1n) is 6.76. The predicted molar refractivity (Wildman–Crippen MR) is 79.2 cm³/mol. The van der Waals surface area contributed by atoms with Crippen LogP contribution in [-0.4, -0.2) is 30.7 Å². The number of hydrogen-bond acceptors (Lipinski definition) is 5. The number of benzene rings is 1. The molecule has 1 aromatic carbocycles. The Morgan fingerprint density at radius 2 is 1.86 bits per heavy atom. The van der Waals surface area contributed by atoms with Crippen LogP contribution in [0.2, 0.25) is 0 Å². The van der Waals surface area contributed by atoms with Gasteiger partial charge in [-0.05, 0) is 30.4 Å². The quantitative estimate of drug-likeness (QED) is 0.520. The fraction of sp³-hybridized carbons (Fsp3) is 0.538. The van der Waals surface area contributed by atoms with Crippen molar-refractivity contribution in [2.24, 2.45) is 11.8 Å². The molecular formula is C13H19N3O4S. The van der Waals surface area contributed by atoms with Crippen LogP contribution in [0.3, 0.4) is 0 Å². The van der Waals surface area contributed by atoms with E-state index in [-0.39, 0.29) is 22.4 Å². The summed E-state index contributed by atoms with van der Waals surface area (Å²) in [5.74, 6) is 0.451. The summed E-state index contributed by atoms with van der Waals surface area (Å²) in [6.45, 7) is 4.70. The molecule has 0 aromatic heterocycles. The maximum Gasteiger partial charge on any atom is 0.289 e. The molecule has 1 aromatic rings. The van der Waals surface area contributed by atoms with E-state index >= 15 is 0 Å². The van der Waals surface area contributed by atoms with Crippen LogP contribution in [0.15, 0.2) is 23.1 Å². The number of hydrogen-bond donors (Lipinski definition) is 1. The summed E-state index contributed by atoms with van der Waals surface area (Å²) in [7, 11) is -3.91. The van der Waals surface area contributed by atoms with Crippen molar-refractivity contribution in [3.63, 3.8) is 0 Å². The van der Waals surface area contributed by atoms with E-state index in [1.807, 2.05) is 13.8 Å². The molecule has 1 fully saturated rings. The molecule has 1 saturated heterocycles. The maximum absolute atomic E-state index is 12.7. The van der Waals surface area contributed by atoms with Gasteiger partial charge in [-0.25, -0.2) is 8.42 Å². The molecule has 0 spiro atoms. The zero-order valence-electron chi connectivity index (χ0n) is 12.0. The van der Waals surface area contributed by atoms with E-state index in [9.17, 15) is 18.5 Å². The van der Waals surface area contributed by atoms with E-state index in [0.717, 1.165) is 18.6 Å². The molecule has 1 heterocycles. The zero-order chi connectivity index (χ0) is 15.8. The highest BCUT2D eigenvalue weighted by Gasteiger charge is 2.35. The van der Waals surface area contributed by atoms with Gasteiger partial charge in [-0.1, -0.05) is 13.8 Å². The lowest BCUT2D eigenvalue weighted by molar-refractivity contribution is -0.387. The number of nitro groups is 1. The van der Waals surface area contributed by atoms with E-state index < -0.39 is 20.6 Å². The van der Waals surface area contributed by atoms with Crippen LogP contribution in [0.1, 0.15) is 20.3 Å². The van der Waals surface area contributed by atoms with Crippen molar-refractivity contribution in [3.8, 4) is 0 Å². The molecule has 2 unspecified atom stereocenters. The Morgan fingerprint density at radius 3 is 2.38 bits per heavy atom. The second kappa shape index (κ2) is 5.61. The third-order valence-electron chi connectivity index (χ3n) is 3.63. The third kappa shape index (κ3) is 3.16. The van der Waals surface area contributed by atoms with Gasteiger partial charge in [-0.2, -0.15) is 4.31 Å². The Labute approximate surface area is 123 Å². The maximum atomic E-state index is 12.7. The topological polar surface area (TPSA) is 107 Å². The van der Waals surface area contributed by atoms with Gasteiger partial charge in [-0.3, -0.25) is 10.1 Å². The minimum atomic E-state index is -3.91. The van der Waals surface area contributed by atoms with Crippen molar-refractivity contribution >= 4 is 21.4 Å². The summed E-state index contributed by atoms with van der Waals surface area (Å²) in [6.07, 6.45) is 0.949. The van der Waals surface area contributed by atoms with Crippen LogP contribution in [0.25, 0.3) is 0 Å². The zero-order valence-corrected chi connectivity index (χ0v) is 12.8. The van der Waals surface area contributed by atoms with Gasteiger partial charge >= 0.3 is 0 Å². The third-order valence-corrected chi connectivity index (χ3v) is 5.49. The fourth-order valence-electron chi connectivity index (χ4n) is 2.83. The van der Waals surface area contributed by atoms with Gasteiger partial charge in [0.1, 0.15) is 0 Å². The minimum absolute atomic E-state index is 0.192. The smallest absolute Gasteiger partial charge is 0.289 e. The standard InChI is InChI=1S/C13H19N3O4S/c1-9-5-10(2)8-15(7-9)21(19,20)13-6-11(14)3-4-12(13)16(17)18/h3-4,6,9-10H,5,7-8,14H2,1-2H3. The minimum Gasteiger partial charge on any atom is -0.399 e. The van der Waals surface area contributed by atoms with Gasteiger partial charge in [0.2, 0.25) is 10.0 Å². The van der Waals surface area contributed by atoms with E-state index in [2.05, 4.69) is 0 Å². The molecule has 0 aliphatic carbocycles. The first-order valence-corrected chi connectivity index (χ1v) is 8.20. The number of nitrogens with two attached hydrogens (primary N) is 1. The van der Waals surface area contributed by atoms with Gasteiger partial charge in [0.05, 0.1) is 4.92 Å². The molecule has 116 valence electrons. The van der Waals surface area contributed by atoms with E-state index in [1.54, 1.807) is 0 Å². The average molecular weight is 313 g/mol. The molecular weight excluding hydrogens is 294 g/mol. The normalized spacial score (nSPS) is 23.9. The highest BCUT2D eigenvalue weighted by Crippen LogP contribution is 2.32. The molecule has 2 N–H and O–H groups in total. The van der Waals surface area contributed by atoms with Gasteiger partial charge in [0.15, 0.2) is 4.90 Å². The van der Waals surface area contributed by atoms with Crippen LogP contribution >= 0.6 is 0 Å². The highest BCUT2D eigenvalue weighted by molar-refractivity contribution is 7.89. The van der Waals surface area contributed by atoms with Crippen LogP contribution in [-0.2, 0) is 10.0 Å². The SMILES string of the molecule is CC1CC(C)CN(S(=O)(=O)c2cc(N)ccc2[N+](=O)[O-])C1. The number of nitrogen functional groups attached to an aromatic ring is 1. The number of nitrogens with zero attached hydrogens (tertiary/aromatic N) is 2. The highest BCUT2D eigenvalue weighted by atomic mass is 32.2. The van der Waals surface area contributed by atoms with Crippen molar-refractivity contribution in [2.45, 2.75) is 25.2 Å². The predicted octanol–water partition coefficient (Wildman–Crippen LogP) is 1.84. The van der Waals surface area contributed by atoms with Crippen molar-refractivity contribution in [1.82, 2.24) is 4.31 Å². The molecule has 0 saturated carbocycles.